The van der Waals surface area contributed by atoms with E-state index >= 15 is 0 Å². The Balaban J connectivity index is 0.000000135. The minimum atomic E-state index is -0.397. The Morgan fingerprint density at radius 3 is 1.15 bits per heavy atom. The fourth-order valence-corrected chi connectivity index (χ4v) is 16.2. The number of nitrogens with one attached hydrogen (secondary N) is 7. The molecule has 4 amide bonds. The van der Waals surface area contributed by atoms with Crippen LogP contribution in [0.5, 0.6) is 0 Å². The Labute approximate surface area is 721 Å². The number of carbonyl (C=O) groups excluding carboxylic acids is 4. The molecule has 40 nitrogen and oxygen atoms in total. The van der Waals surface area contributed by atoms with Gasteiger partial charge in [-0.1, -0.05) is 10.3 Å². The lowest BCUT2D eigenvalue weighted by Gasteiger charge is -2.10. The maximum atomic E-state index is 12.4. The van der Waals surface area contributed by atoms with Crippen LogP contribution >= 0.6 is 34.0 Å². The number of hydrogen-bond donors (Lipinski definition) is 10. The Kier molecular flexibility index (Phi) is 26.4. The van der Waals surface area contributed by atoms with Gasteiger partial charge >= 0.3 is 12.0 Å². The number of amides is 4. The fraction of sp³-hybridized carbons (Fsp3) is 0.284. The number of aromatic nitrogens is 22. The molecule has 17 rings (SSSR count). The van der Waals surface area contributed by atoms with Crippen molar-refractivity contribution in [2.75, 3.05) is 80.0 Å². The molecule has 17 aromatic rings. The van der Waals surface area contributed by atoms with Crippen molar-refractivity contribution in [1.29, 1.82) is 0 Å². The van der Waals surface area contributed by atoms with Gasteiger partial charge in [-0.2, -0.15) is 20.4 Å². The monoisotopic (exact) mass is 1740 g/mol. The molecule has 0 unspecified atom stereocenters. The van der Waals surface area contributed by atoms with Crippen molar-refractivity contribution in [2.45, 2.75) is 74.1 Å². The highest BCUT2D eigenvalue weighted by molar-refractivity contribution is 7.19. The summed E-state index contributed by atoms with van der Waals surface area (Å²) in [6.45, 7) is 15.8. The van der Waals surface area contributed by atoms with Crippen LogP contribution in [-0.2, 0) is 58.6 Å². The number of nitrogens with two attached hydrogens (primary N) is 3. The lowest BCUT2D eigenvalue weighted by Crippen LogP contribution is -2.30. The Morgan fingerprint density at radius 2 is 0.798 bits per heavy atom. The van der Waals surface area contributed by atoms with Crippen LogP contribution in [0.15, 0.2) is 139 Å². The van der Waals surface area contributed by atoms with Crippen LogP contribution in [0.25, 0.3) is 67.6 Å². The third kappa shape index (κ3) is 19.8. The van der Waals surface area contributed by atoms with Crippen molar-refractivity contribution in [3.05, 3.63) is 195 Å². The second-order valence-corrected chi connectivity index (χ2v) is 32.0. The van der Waals surface area contributed by atoms with Gasteiger partial charge in [0, 0.05) is 165 Å². The topological polar surface area (TPSA) is 487 Å². The molecular formula is C81H93N33O7S3. The number of carbonyl (C=O) groups is 4. The molecule has 0 aromatic carbocycles. The number of urea groups is 1. The molecule has 0 aliphatic heterocycles. The lowest BCUT2D eigenvalue weighted by atomic mass is 10.2. The van der Waals surface area contributed by atoms with E-state index in [0.29, 0.717) is 137 Å². The van der Waals surface area contributed by atoms with Gasteiger partial charge in [0.15, 0.2) is 45.9 Å². The molecule has 0 aliphatic carbocycles. The second-order valence-electron chi connectivity index (χ2n) is 28.8. The van der Waals surface area contributed by atoms with Gasteiger partial charge in [0.1, 0.15) is 4.88 Å². The summed E-state index contributed by atoms with van der Waals surface area (Å²) in [7, 11) is 11.0. The first-order chi connectivity index (χ1) is 59.8. The average Bonchev–Trinajstić information content (AvgIpc) is 1.64. The van der Waals surface area contributed by atoms with Gasteiger partial charge in [0.05, 0.1) is 138 Å². The van der Waals surface area contributed by atoms with E-state index in [1.807, 2.05) is 161 Å². The largest absolute Gasteiger partial charge is 0.462 e. The maximum absolute atomic E-state index is 12.4. The first kappa shape index (κ1) is 86.0. The van der Waals surface area contributed by atoms with Crippen molar-refractivity contribution in [1.82, 2.24) is 122 Å². The molecular weight excluding hydrogens is 1640 g/mol. The summed E-state index contributed by atoms with van der Waals surface area (Å²) in [6.07, 6.45) is 32.3. The van der Waals surface area contributed by atoms with Gasteiger partial charge in [-0.05, 0) is 103 Å². The molecule has 124 heavy (non-hydrogen) atoms. The average molecular weight is 1740 g/mol. The molecule has 17 heterocycles. The molecule has 642 valence electrons. The van der Waals surface area contributed by atoms with E-state index in [4.69, 9.17) is 50.9 Å². The molecule has 13 N–H and O–H groups in total. The highest BCUT2D eigenvalue weighted by atomic mass is 32.1. The molecule has 0 radical (unpaired) electrons. The van der Waals surface area contributed by atoms with E-state index in [1.54, 1.807) is 101 Å². The van der Waals surface area contributed by atoms with Crippen molar-refractivity contribution < 1.29 is 33.0 Å². The molecule has 0 fully saturated rings. The minimum Gasteiger partial charge on any atom is -0.462 e. The number of anilines is 9. The predicted octanol–water partition coefficient (Wildman–Crippen LogP) is 10.7. The summed E-state index contributed by atoms with van der Waals surface area (Å²) in [5.74, 6) is 2.70. The quantitative estimate of drug-likeness (QED) is 0.0214. The molecule has 0 spiro atoms. The third-order valence-electron chi connectivity index (χ3n) is 18.9. The summed E-state index contributed by atoms with van der Waals surface area (Å²) in [5.41, 5.74) is 34.8. The van der Waals surface area contributed by atoms with Gasteiger partial charge in [0.2, 0.25) is 11.8 Å². The summed E-state index contributed by atoms with van der Waals surface area (Å²) in [6, 6.07) is 8.83. The first-order valence-corrected chi connectivity index (χ1v) is 41.8. The SMILES string of the molecule is CCNC(=O)c1sc(Nc2nc(CCN)cn3c(-c4cnn(C)c4)cnc23)cc1C.CCOC(=O)c1sc(Nc2nc(CCN)cn3c(-c4cnn(C)c4)cnc23)cc1C.Cc1cc(NC(=O)NCCc2cn3c(-c4cnn(C)c4)cnc3c(Nc3cc(C)no3)n2)on1.Cc1cc(Nc2nc(CCN)cn3c(-c4cnn(C)c4)cnc23)sc1C(=O)N(C)C. The Bertz CT molecular complexity index is 6480. The van der Waals surface area contributed by atoms with Crippen LogP contribution in [0.2, 0.25) is 0 Å². The molecule has 0 aliphatic rings. The normalized spacial score (nSPS) is 11.2. The standard InChI is InChI=1S/C21H22N10O3.2C20H24N8OS.C20H23N7O2S/c1-12-6-17(33-28-12)26-19-20-23-9-16(14-8-24-30(3)10-14)31(20)11-15(25-19)4-5-22-21(32)27-18-7-13(2)29-34-18;1-12-7-16(30-17(12)20(29)26(2)3)25-18-19-22-9-15(13-8-23-27(4)10-13)28(19)11-14(24-18)5-6-21;1-4-22-20(29)17-12(2)7-16(30-17)26-18-19-23-9-15(13-8-24-27(3)10-13)28(19)11-14(25-18)5-6-21;1-4-29-20(28)17-12(2)7-16(30-17)25-18-19-22-9-15(13-8-23-26(3)10-13)27(19)11-14(24-18)5-6-21/h6-11H,4-5H2,1-3H3,(H,25,26)(H2,22,27,32);7-11H,5-6,21H2,1-4H3,(H,24,25);7-11H,4-6,21H2,1-3H3,(H,22,29)(H,25,26);7-11H,4-6,21H2,1-3H3,(H,24,25). The molecule has 0 atom stereocenters. The third-order valence-corrected chi connectivity index (χ3v) is 22.3. The fourth-order valence-electron chi connectivity index (χ4n) is 13.2. The lowest BCUT2D eigenvalue weighted by molar-refractivity contribution is 0.0530. The number of rotatable bonds is 27. The molecule has 43 heteroatoms. The number of aryl methyl sites for hydroxylation is 9. The van der Waals surface area contributed by atoms with Gasteiger partial charge in [-0.15, -0.1) is 34.0 Å². The highest BCUT2D eigenvalue weighted by Crippen LogP contribution is 2.37. The summed E-state index contributed by atoms with van der Waals surface area (Å²) < 4.78 is 30.3. The van der Waals surface area contributed by atoms with Crippen LogP contribution in [0, 0.1) is 34.6 Å². The van der Waals surface area contributed by atoms with Crippen molar-refractivity contribution in [3.63, 3.8) is 0 Å². The van der Waals surface area contributed by atoms with Gasteiger partial charge in [0.25, 0.3) is 11.8 Å². The van der Waals surface area contributed by atoms with E-state index in [0.717, 1.165) is 105 Å². The van der Waals surface area contributed by atoms with E-state index in [2.05, 4.69) is 87.9 Å². The molecule has 0 bridgehead atoms. The van der Waals surface area contributed by atoms with Gasteiger partial charge in [-0.25, -0.2) is 49.5 Å². The number of thiophene rings is 3. The summed E-state index contributed by atoms with van der Waals surface area (Å²) >= 11 is 4.14. The second kappa shape index (κ2) is 38.1. The summed E-state index contributed by atoms with van der Waals surface area (Å²) in [4.78, 5) is 89.7. The minimum absolute atomic E-state index is 0.0137. The number of esters is 1. The van der Waals surface area contributed by atoms with Crippen LogP contribution in [0.3, 0.4) is 0 Å². The van der Waals surface area contributed by atoms with E-state index in [1.165, 1.54) is 34.0 Å². The smallest absolute Gasteiger partial charge is 0.348 e. The van der Waals surface area contributed by atoms with Gasteiger partial charge in [-0.3, -0.25) is 51.2 Å². The first-order valence-electron chi connectivity index (χ1n) is 39.3. The number of ether oxygens (including phenoxy) is 1. The van der Waals surface area contributed by atoms with Crippen molar-refractivity contribution in [2.24, 2.45) is 45.4 Å². The number of imidazole rings is 4. The Morgan fingerprint density at radius 1 is 0.444 bits per heavy atom. The van der Waals surface area contributed by atoms with Crippen LogP contribution in [0.1, 0.15) is 93.7 Å². The highest BCUT2D eigenvalue weighted by Gasteiger charge is 2.25. The zero-order chi connectivity index (χ0) is 87.6. The summed E-state index contributed by atoms with van der Waals surface area (Å²) in [5, 5.41) is 48.6. The molecule has 17 aromatic heterocycles. The van der Waals surface area contributed by atoms with Crippen LogP contribution in [0.4, 0.5) is 54.8 Å². The van der Waals surface area contributed by atoms with Crippen molar-refractivity contribution >= 4 is 130 Å². The van der Waals surface area contributed by atoms with Crippen LogP contribution in [-0.4, -0.2) is 189 Å². The zero-order valence-electron chi connectivity index (χ0n) is 70.3. The van der Waals surface area contributed by atoms with E-state index in [-0.39, 0.29) is 23.7 Å². The van der Waals surface area contributed by atoms with E-state index < -0.39 is 6.03 Å². The van der Waals surface area contributed by atoms with E-state index in [9.17, 15) is 19.2 Å². The molecule has 0 saturated heterocycles. The number of fused-ring (bicyclic) bond motifs is 4. The molecule has 0 saturated carbocycles. The number of nitrogens with zero attached hydrogens (tertiary/aromatic N) is 23. The van der Waals surface area contributed by atoms with Gasteiger partial charge < -0.3 is 67.8 Å². The van der Waals surface area contributed by atoms with Crippen molar-refractivity contribution in [3.8, 4) is 45.0 Å². The Hall–Kier alpha value is -14.4. The predicted molar refractivity (Wildman–Crippen MR) is 475 cm³/mol. The zero-order valence-corrected chi connectivity index (χ0v) is 72.7. The van der Waals surface area contributed by atoms with Crippen LogP contribution < -0.4 is 54.4 Å². The number of hydrogen-bond acceptors (Lipinski definition) is 31. The maximum Gasteiger partial charge on any atom is 0.348 e.